The number of urea groups is 1. The molecule has 5 N–H and O–H groups in total. The predicted molar refractivity (Wildman–Crippen MR) is 54.2 cm³/mol. The van der Waals surface area contributed by atoms with Gasteiger partial charge in [-0.25, -0.2) is 4.79 Å². The van der Waals surface area contributed by atoms with Crippen LogP contribution in [0, 0.1) is 0 Å². The molecule has 9 heteroatoms. The number of hydrogen-bond acceptors (Lipinski definition) is 5. The number of halogens is 2. The van der Waals surface area contributed by atoms with Crippen molar-refractivity contribution in [2.75, 3.05) is 13.2 Å². The van der Waals surface area contributed by atoms with Gasteiger partial charge in [0.15, 0.2) is 6.10 Å². The predicted octanol–water partition coefficient (Wildman–Crippen LogP) is -1.47. The van der Waals surface area contributed by atoms with E-state index in [4.69, 9.17) is 15.6 Å². The number of nitrogens with zero attached hydrogens (tertiary/aromatic N) is 1. The van der Waals surface area contributed by atoms with E-state index < -0.39 is 37.0 Å². The number of alkyl halides is 2. The molecule has 2 aliphatic rings. The zero-order valence-electron chi connectivity index (χ0n) is 9.22. The van der Waals surface area contributed by atoms with E-state index in [0.29, 0.717) is 4.90 Å². The molecule has 3 atom stereocenters. The smallest absolute Gasteiger partial charge is 0.325 e. The maximum atomic E-state index is 13.7. The number of carbonyl (C=O) groups is 1. The quantitative estimate of drug-likeness (QED) is 0.362. The minimum Gasteiger partial charge on any atom is -0.394 e. The van der Waals surface area contributed by atoms with Gasteiger partial charge in [-0.15, -0.1) is 0 Å². The van der Waals surface area contributed by atoms with Crippen molar-refractivity contribution >= 4 is 6.03 Å². The molecule has 18 heavy (non-hydrogen) atoms. The number of aliphatic hydroxyl groups is 2. The van der Waals surface area contributed by atoms with Gasteiger partial charge in [-0.3, -0.25) is 10.2 Å². The van der Waals surface area contributed by atoms with E-state index in [0.717, 1.165) is 0 Å². The van der Waals surface area contributed by atoms with E-state index in [-0.39, 0.29) is 12.4 Å². The number of amides is 2. The van der Waals surface area contributed by atoms with Crippen LogP contribution in [0.4, 0.5) is 13.6 Å². The van der Waals surface area contributed by atoms with Gasteiger partial charge in [-0.2, -0.15) is 8.78 Å². The molecule has 0 unspecified atom stereocenters. The fraction of sp³-hybridized carbons (Fsp3) is 0.667. The van der Waals surface area contributed by atoms with Crippen LogP contribution in [0.2, 0.25) is 0 Å². The fourth-order valence-electron chi connectivity index (χ4n) is 1.88. The number of aliphatic hydroxyl groups excluding tert-OH is 2. The molecule has 2 aliphatic heterocycles. The highest BCUT2D eigenvalue weighted by Gasteiger charge is 2.61. The third-order valence-electron chi connectivity index (χ3n) is 2.86. The Labute approximate surface area is 101 Å². The van der Waals surface area contributed by atoms with Crippen LogP contribution in [0.15, 0.2) is 11.9 Å². The summed E-state index contributed by atoms with van der Waals surface area (Å²) in [6.45, 7) is -0.927. The Morgan fingerprint density at radius 1 is 1.67 bits per heavy atom. The molecule has 0 aromatic carbocycles. The SMILES string of the molecule is [15NH2][13C]1=CC[15N]([C@H]2O[C@H](CO)[C@@H](O)C2(F)F)[13C](=O)[15NH]1. The van der Waals surface area contributed by atoms with Gasteiger partial charge < -0.3 is 20.7 Å². The summed E-state index contributed by atoms with van der Waals surface area (Å²) in [7, 11) is 0. The van der Waals surface area contributed by atoms with Gasteiger partial charge in [0, 0.05) is 6.54 Å². The number of hydrogen-bond donors (Lipinski definition) is 4. The standard InChI is InChI=1S/C9H13F2N3O4/c10-9(11)6(16)4(3-15)18-7(9)14-2-1-5(12)13-8(14)17/h1,4,6-7,15-16H,2-3,12H2,(H,13,17)/t4-,6-,7+/m1/s1/i5+1,8+1,12+1,13+1,14+1. The first-order valence-corrected chi connectivity index (χ1v) is 5.23. The Morgan fingerprint density at radius 3 is 2.83 bits per heavy atom. The molecule has 0 radical (unpaired) electrons. The van der Waals surface area contributed by atoms with Gasteiger partial charge in [0.1, 0.15) is 11.9 Å². The van der Waals surface area contributed by atoms with Crippen LogP contribution >= 0.6 is 0 Å². The number of rotatable bonds is 2. The van der Waals surface area contributed by atoms with Crippen LogP contribution in [0.25, 0.3) is 0 Å². The third kappa shape index (κ3) is 1.89. The number of nitrogens with two attached hydrogens (primary N) is 1. The summed E-state index contributed by atoms with van der Waals surface area (Å²) in [5.74, 6) is -3.60. The van der Waals surface area contributed by atoms with Crippen LogP contribution < -0.4 is 11.1 Å². The Hall–Kier alpha value is -1.45. The van der Waals surface area contributed by atoms with Crippen molar-refractivity contribution in [3.63, 3.8) is 0 Å². The van der Waals surface area contributed by atoms with E-state index in [1.807, 2.05) is 0 Å². The van der Waals surface area contributed by atoms with Gasteiger partial charge in [-0.05, 0) is 6.08 Å². The number of carbonyl (C=O) groups excluding carboxylic acids is 1. The first-order chi connectivity index (χ1) is 8.37. The molecule has 0 aromatic rings. The first-order valence-electron chi connectivity index (χ1n) is 5.23. The Bertz CT molecular complexity index is 390. The van der Waals surface area contributed by atoms with Crippen molar-refractivity contribution in [2.45, 2.75) is 24.4 Å². The van der Waals surface area contributed by atoms with Crippen LogP contribution in [0.3, 0.4) is 0 Å². The molecule has 0 aliphatic carbocycles. The molecule has 0 bridgehead atoms. The van der Waals surface area contributed by atoms with Crippen LogP contribution in [-0.4, -0.2) is 58.7 Å². The lowest BCUT2D eigenvalue weighted by Crippen LogP contribution is -2.56. The summed E-state index contributed by atoms with van der Waals surface area (Å²) >= 11 is 0. The Morgan fingerprint density at radius 2 is 2.33 bits per heavy atom. The minimum atomic E-state index is -3.66. The molecule has 2 heterocycles. The maximum Gasteiger partial charge on any atom is 0.325 e. The first kappa shape index (κ1) is 13.0. The lowest BCUT2D eigenvalue weighted by atomic mass is 10.1. The number of nitrogens with one attached hydrogen (secondary N) is 1. The molecule has 1 fully saturated rings. The highest BCUT2D eigenvalue weighted by Crippen LogP contribution is 2.38. The lowest BCUT2D eigenvalue weighted by molar-refractivity contribution is -0.152. The van der Waals surface area contributed by atoms with Crippen molar-refractivity contribution < 1.29 is 28.5 Å². The van der Waals surface area contributed by atoms with E-state index in [2.05, 4.69) is 5.32 Å². The van der Waals surface area contributed by atoms with Gasteiger partial charge in [0.2, 0.25) is 6.23 Å². The summed E-state index contributed by atoms with van der Waals surface area (Å²) in [6.07, 6.45) is -4.20. The molecule has 2 rings (SSSR count). The van der Waals surface area contributed by atoms with E-state index in [1.165, 1.54) is 6.08 Å². The van der Waals surface area contributed by atoms with Gasteiger partial charge in [0.25, 0.3) is 0 Å². The molecule has 7 nitrogen and oxygen atoms in total. The van der Waals surface area contributed by atoms with Crippen LogP contribution in [-0.2, 0) is 4.74 Å². The van der Waals surface area contributed by atoms with Crippen molar-refractivity contribution in [1.82, 2.24) is 10.2 Å². The lowest BCUT2D eigenvalue weighted by Gasteiger charge is -2.33. The summed E-state index contributed by atoms with van der Waals surface area (Å²) in [5, 5.41) is 20.3. The fourth-order valence-corrected chi connectivity index (χ4v) is 1.88. The molecule has 0 aromatic heterocycles. The van der Waals surface area contributed by atoms with E-state index in [9.17, 15) is 18.7 Å². The van der Waals surface area contributed by atoms with Crippen molar-refractivity contribution in [1.29, 1.82) is 0 Å². The van der Waals surface area contributed by atoms with Gasteiger partial charge in [0.05, 0.1) is 6.61 Å². The molecular weight excluding hydrogens is 257 g/mol. The molecule has 0 spiro atoms. The van der Waals surface area contributed by atoms with Crippen LogP contribution in [0.5, 0.6) is 0 Å². The molecule has 1 saturated heterocycles. The molecule has 0 saturated carbocycles. The Kier molecular flexibility index (Phi) is 3.13. The average Bonchev–Trinajstić information content (AvgIpc) is 2.52. The molecule has 2 amide bonds. The molecule has 102 valence electrons. The van der Waals surface area contributed by atoms with Crippen molar-refractivity contribution in [2.24, 2.45) is 5.73 Å². The van der Waals surface area contributed by atoms with Gasteiger partial charge in [-0.1, -0.05) is 0 Å². The molecular formula is C9H13F2N3O4. The second kappa shape index (κ2) is 4.34. The van der Waals surface area contributed by atoms with Crippen molar-refractivity contribution in [3.8, 4) is 0 Å². The Balaban J connectivity index is 2.21. The van der Waals surface area contributed by atoms with E-state index in [1.54, 1.807) is 0 Å². The highest BCUT2D eigenvalue weighted by molar-refractivity contribution is 5.77. The van der Waals surface area contributed by atoms with Crippen molar-refractivity contribution in [3.05, 3.63) is 11.9 Å². The monoisotopic (exact) mass is 270 g/mol. The topological polar surface area (TPSA) is 108 Å². The average molecular weight is 270 g/mol. The number of ether oxygens (including phenoxy) is 1. The third-order valence-corrected chi connectivity index (χ3v) is 2.86. The minimum absolute atomic E-state index is 0.0665. The second-order valence-corrected chi connectivity index (χ2v) is 4.07. The summed E-state index contributed by atoms with van der Waals surface area (Å²) in [4.78, 5) is 12.2. The second-order valence-electron chi connectivity index (χ2n) is 4.07. The van der Waals surface area contributed by atoms with Crippen LogP contribution in [0.1, 0.15) is 0 Å². The zero-order valence-corrected chi connectivity index (χ0v) is 9.22. The largest absolute Gasteiger partial charge is 0.394 e. The normalized spacial score (nSPS) is 35.3. The summed E-state index contributed by atoms with van der Waals surface area (Å²) in [6, 6.07) is -0.842. The summed E-state index contributed by atoms with van der Waals surface area (Å²) in [5.41, 5.74) is 5.32. The maximum absolute atomic E-state index is 13.7. The zero-order chi connectivity index (χ0) is 13.5. The summed E-state index contributed by atoms with van der Waals surface area (Å²) < 4.78 is 32.3. The van der Waals surface area contributed by atoms with Gasteiger partial charge >= 0.3 is 12.0 Å². The van der Waals surface area contributed by atoms with E-state index >= 15 is 0 Å². The highest BCUT2D eigenvalue weighted by atomic mass is 19.3.